The number of nitrogens with one attached hydrogen (secondary N) is 1. The van der Waals surface area contributed by atoms with Crippen LogP contribution in [-0.2, 0) is 17.8 Å². The van der Waals surface area contributed by atoms with Crippen LogP contribution >= 0.6 is 0 Å². The molecule has 1 fully saturated rings. The second kappa shape index (κ2) is 8.55. The number of amides is 1. The van der Waals surface area contributed by atoms with Crippen molar-refractivity contribution in [1.82, 2.24) is 14.9 Å². The SMILES string of the molecule is O=C(CCc1nc2ccccc2n(Cc2ccccc2F)c1=O)NC1CCCC1. The summed E-state index contributed by atoms with van der Waals surface area (Å²) in [5.41, 5.74) is 1.81. The number of para-hydroxylation sites is 2. The maximum absolute atomic E-state index is 14.2. The molecule has 5 nitrogen and oxygen atoms in total. The van der Waals surface area contributed by atoms with Crippen LogP contribution in [0.5, 0.6) is 0 Å². The van der Waals surface area contributed by atoms with E-state index in [-0.39, 0.29) is 42.7 Å². The number of halogens is 1. The number of nitrogens with zero attached hydrogens (tertiary/aromatic N) is 2. The van der Waals surface area contributed by atoms with Gasteiger partial charge < -0.3 is 9.88 Å². The lowest BCUT2D eigenvalue weighted by Gasteiger charge is -2.14. The second-order valence-electron chi connectivity index (χ2n) is 7.58. The van der Waals surface area contributed by atoms with Gasteiger partial charge >= 0.3 is 0 Å². The largest absolute Gasteiger partial charge is 0.353 e. The molecule has 1 aliphatic carbocycles. The summed E-state index contributed by atoms with van der Waals surface area (Å²) in [6.07, 6.45) is 4.83. The predicted molar refractivity (Wildman–Crippen MR) is 110 cm³/mol. The zero-order valence-electron chi connectivity index (χ0n) is 16.2. The fourth-order valence-corrected chi connectivity index (χ4v) is 3.96. The molecule has 0 spiro atoms. The van der Waals surface area contributed by atoms with E-state index < -0.39 is 0 Å². The van der Waals surface area contributed by atoms with Gasteiger partial charge in [-0.05, 0) is 31.0 Å². The van der Waals surface area contributed by atoms with Crippen molar-refractivity contribution in [1.29, 1.82) is 0 Å². The normalized spacial score (nSPS) is 14.4. The van der Waals surface area contributed by atoms with E-state index in [0.29, 0.717) is 22.3 Å². The number of rotatable bonds is 6. The highest BCUT2D eigenvalue weighted by atomic mass is 19.1. The van der Waals surface area contributed by atoms with E-state index in [4.69, 9.17) is 0 Å². The molecule has 0 aliphatic heterocycles. The molecule has 4 rings (SSSR count). The minimum atomic E-state index is -0.349. The Morgan fingerprint density at radius 3 is 2.62 bits per heavy atom. The molecular weight excluding hydrogens is 369 g/mol. The quantitative estimate of drug-likeness (QED) is 0.696. The van der Waals surface area contributed by atoms with Gasteiger partial charge in [-0.15, -0.1) is 0 Å². The monoisotopic (exact) mass is 393 g/mol. The average Bonchev–Trinajstić information content (AvgIpc) is 3.23. The lowest BCUT2D eigenvalue weighted by Crippen LogP contribution is -2.33. The van der Waals surface area contributed by atoms with Crippen molar-refractivity contribution in [2.75, 3.05) is 0 Å². The standard InChI is InChI=1S/C23H24FN3O2/c24-18-10-4-1-7-16(18)15-27-21-12-6-5-11-19(21)26-20(23(27)29)13-14-22(28)25-17-8-2-3-9-17/h1,4-7,10-12,17H,2-3,8-9,13-15H2,(H,25,28). The molecule has 0 saturated heterocycles. The summed E-state index contributed by atoms with van der Waals surface area (Å²) < 4.78 is 15.7. The Morgan fingerprint density at radius 1 is 1.10 bits per heavy atom. The van der Waals surface area contributed by atoms with E-state index in [0.717, 1.165) is 25.7 Å². The molecule has 0 radical (unpaired) electrons. The van der Waals surface area contributed by atoms with Crippen LogP contribution in [-0.4, -0.2) is 21.5 Å². The van der Waals surface area contributed by atoms with Gasteiger partial charge in [-0.1, -0.05) is 43.2 Å². The fourth-order valence-electron chi connectivity index (χ4n) is 3.96. The highest BCUT2D eigenvalue weighted by Crippen LogP contribution is 2.18. The first kappa shape index (κ1) is 19.3. The molecule has 29 heavy (non-hydrogen) atoms. The minimum Gasteiger partial charge on any atom is -0.353 e. The predicted octanol–water partition coefficient (Wildman–Crippen LogP) is 3.58. The zero-order chi connectivity index (χ0) is 20.2. The summed E-state index contributed by atoms with van der Waals surface area (Å²) in [5.74, 6) is -0.398. The number of benzene rings is 2. The van der Waals surface area contributed by atoms with E-state index in [1.54, 1.807) is 28.8 Å². The smallest absolute Gasteiger partial charge is 0.273 e. The molecule has 1 N–H and O–H groups in total. The van der Waals surface area contributed by atoms with Crippen molar-refractivity contribution in [3.05, 3.63) is 76.0 Å². The topological polar surface area (TPSA) is 64.0 Å². The number of carbonyl (C=O) groups is 1. The van der Waals surface area contributed by atoms with E-state index in [2.05, 4.69) is 10.3 Å². The average molecular weight is 393 g/mol. The molecule has 1 aliphatic rings. The third-order valence-corrected chi connectivity index (χ3v) is 5.52. The summed E-state index contributed by atoms with van der Waals surface area (Å²) in [7, 11) is 0. The van der Waals surface area contributed by atoms with Gasteiger partial charge in [0, 0.05) is 24.4 Å². The van der Waals surface area contributed by atoms with E-state index >= 15 is 0 Å². The van der Waals surface area contributed by atoms with Gasteiger partial charge in [-0.2, -0.15) is 0 Å². The maximum Gasteiger partial charge on any atom is 0.273 e. The van der Waals surface area contributed by atoms with Crippen LogP contribution < -0.4 is 10.9 Å². The number of carbonyl (C=O) groups excluding carboxylic acids is 1. The molecule has 0 unspecified atom stereocenters. The van der Waals surface area contributed by atoms with Gasteiger partial charge in [-0.25, -0.2) is 9.37 Å². The van der Waals surface area contributed by atoms with Crippen LogP contribution in [0.4, 0.5) is 4.39 Å². The molecule has 1 heterocycles. The van der Waals surface area contributed by atoms with Crippen molar-refractivity contribution in [2.45, 2.75) is 51.1 Å². The van der Waals surface area contributed by atoms with E-state index in [1.807, 2.05) is 18.2 Å². The number of aromatic nitrogens is 2. The van der Waals surface area contributed by atoms with E-state index in [1.165, 1.54) is 6.07 Å². The third-order valence-electron chi connectivity index (χ3n) is 5.52. The van der Waals surface area contributed by atoms with Gasteiger partial charge in [0.2, 0.25) is 5.91 Å². The highest BCUT2D eigenvalue weighted by molar-refractivity contribution is 5.77. The summed E-state index contributed by atoms with van der Waals surface area (Å²) in [4.78, 5) is 29.9. The summed E-state index contributed by atoms with van der Waals surface area (Å²) in [6, 6.07) is 14.0. The Kier molecular flexibility index (Phi) is 5.69. The molecule has 1 aromatic heterocycles. The molecular formula is C23H24FN3O2. The van der Waals surface area contributed by atoms with Crippen molar-refractivity contribution >= 4 is 16.9 Å². The van der Waals surface area contributed by atoms with Crippen molar-refractivity contribution in [3.8, 4) is 0 Å². The molecule has 6 heteroatoms. The molecule has 1 amide bonds. The van der Waals surface area contributed by atoms with Gasteiger partial charge in [0.05, 0.1) is 17.6 Å². The van der Waals surface area contributed by atoms with Crippen LogP contribution in [0.15, 0.2) is 53.3 Å². The lowest BCUT2D eigenvalue weighted by molar-refractivity contribution is -0.121. The lowest BCUT2D eigenvalue weighted by atomic mass is 10.1. The van der Waals surface area contributed by atoms with Gasteiger partial charge in [0.15, 0.2) is 0 Å². The molecule has 2 aromatic carbocycles. The Morgan fingerprint density at radius 2 is 1.83 bits per heavy atom. The van der Waals surface area contributed by atoms with Crippen LogP contribution in [0, 0.1) is 5.82 Å². The van der Waals surface area contributed by atoms with Crippen molar-refractivity contribution < 1.29 is 9.18 Å². The number of hydrogen-bond acceptors (Lipinski definition) is 3. The minimum absolute atomic E-state index is 0.0492. The molecule has 150 valence electrons. The first-order valence-electron chi connectivity index (χ1n) is 10.1. The van der Waals surface area contributed by atoms with Crippen molar-refractivity contribution in [2.24, 2.45) is 0 Å². The van der Waals surface area contributed by atoms with Gasteiger partial charge in [-0.3, -0.25) is 9.59 Å². The fraction of sp³-hybridized carbons (Fsp3) is 0.348. The third kappa shape index (κ3) is 4.36. The van der Waals surface area contributed by atoms with Crippen LogP contribution in [0.1, 0.15) is 43.4 Å². The Bertz CT molecular complexity index is 1090. The van der Waals surface area contributed by atoms with Crippen LogP contribution in [0.3, 0.4) is 0 Å². The zero-order valence-corrected chi connectivity index (χ0v) is 16.2. The summed E-state index contributed by atoms with van der Waals surface area (Å²) in [6.45, 7) is 0.121. The maximum atomic E-state index is 14.2. The number of hydrogen-bond donors (Lipinski definition) is 1. The van der Waals surface area contributed by atoms with Crippen LogP contribution in [0.25, 0.3) is 11.0 Å². The Balaban J connectivity index is 1.61. The summed E-state index contributed by atoms with van der Waals surface area (Å²) in [5, 5.41) is 3.04. The van der Waals surface area contributed by atoms with Gasteiger partial charge in [0.1, 0.15) is 11.5 Å². The summed E-state index contributed by atoms with van der Waals surface area (Å²) >= 11 is 0. The molecule has 1 saturated carbocycles. The molecule has 0 atom stereocenters. The highest BCUT2D eigenvalue weighted by Gasteiger charge is 2.18. The molecule has 0 bridgehead atoms. The van der Waals surface area contributed by atoms with Gasteiger partial charge in [0.25, 0.3) is 5.56 Å². The van der Waals surface area contributed by atoms with Crippen LogP contribution in [0.2, 0.25) is 0 Å². The molecule has 3 aromatic rings. The van der Waals surface area contributed by atoms with Crippen molar-refractivity contribution in [3.63, 3.8) is 0 Å². The Hall–Kier alpha value is -3.02. The first-order chi connectivity index (χ1) is 14.1. The Labute approximate surface area is 168 Å². The first-order valence-corrected chi connectivity index (χ1v) is 10.1. The number of fused-ring (bicyclic) bond motifs is 1. The number of aryl methyl sites for hydroxylation is 1. The van der Waals surface area contributed by atoms with E-state index in [9.17, 15) is 14.0 Å². The second-order valence-corrected chi connectivity index (χ2v) is 7.58.